The number of carbonyl (C=O) groups is 2. The Kier molecular flexibility index (Phi) is 13.9. The lowest BCUT2D eigenvalue weighted by Crippen LogP contribution is -2.56. The standard InChI is InChI=1S/C51H45Cl2N5O9S/c1-63-51(60)44(23-32-2-7-35(8-3-32)36-9-4-33(27-54)5-10-36)56-50(59)45-24-38-25-46-47(26-39(38)29-58(45)68(61,62)41-15-17-49(55-28-41)57-18-20-64-21-19-57)67-48(31-66-46)37-11-13-40(14-12-37)65-30-34-6-16-42(52)43(53)22-34/h2-17,22,25-26,28,44-45,48H,18-21,23-24,29-31H2,1H3,(H,56,59)/t44?,45-,48+/m0/s1. The maximum atomic E-state index is 14.7. The zero-order valence-electron chi connectivity index (χ0n) is 36.8. The van der Waals surface area contributed by atoms with Gasteiger partial charge in [0.25, 0.3) is 0 Å². The molecule has 0 saturated carbocycles. The van der Waals surface area contributed by atoms with Crippen LogP contribution in [0.5, 0.6) is 17.2 Å². The monoisotopic (exact) mass is 973 g/mol. The molecule has 0 bridgehead atoms. The van der Waals surface area contributed by atoms with Crippen LogP contribution in [-0.4, -0.2) is 81.7 Å². The molecule has 3 aliphatic rings. The number of halogens is 2. The molecule has 0 radical (unpaired) electrons. The van der Waals surface area contributed by atoms with Gasteiger partial charge >= 0.3 is 5.97 Å². The van der Waals surface area contributed by atoms with Crippen molar-refractivity contribution in [3.05, 3.63) is 165 Å². The molecular formula is C51H45Cl2N5O9S. The van der Waals surface area contributed by atoms with Crippen LogP contribution < -0.4 is 24.4 Å². The van der Waals surface area contributed by atoms with E-state index in [0.717, 1.165) is 32.1 Å². The number of carbonyl (C=O) groups excluding carboxylic acids is 2. The van der Waals surface area contributed by atoms with Gasteiger partial charge in [0.1, 0.15) is 41.8 Å². The number of ether oxygens (including phenoxy) is 5. The molecule has 9 rings (SSSR count). The number of esters is 1. The fourth-order valence-electron chi connectivity index (χ4n) is 8.39. The highest BCUT2D eigenvalue weighted by molar-refractivity contribution is 7.89. The van der Waals surface area contributed by atoms with Gasteiger partial charge in [-0.2, -0.15) is 9.57 Å². The number of hydrogen-bond acceptors (Lipinski definition) is 12. The molecule has 0 spiro atoms. The van der Waals surface area contributed by atoms with Crippen molar-refractivity contribution in [1.82, 2.24) is 14.6 Å². The van der Waals surface area contributed by atoms with Gasteiger partial charge in [-0.25, -0.2) is 18.2 Å². The normalized spacial score (nSPS) is 17.3. The Morgan fingerprint density at radius 3 is 2.25 bits per heavy atom. The highest BCUT2D eigenvalue weighted by Gasteiger charge is 2.42. The molecule has 1 saturated heterocycles. The van der Waals surface area contributed by atoms with Crippen LogP contribution in [-0.2, 0) is 55.1 Å². The number of nitrogens with zero attached hydrogens (tertiary/aromatic N) is 4. The summed E-state index contributed by atoms with van der Waals surface area (Å²) in [6.45, 7) is 2.60. The molecule has 1 fully saturated rings. The maximum Gasteiger partial charge on any atom is 0.328 e. The number of rotatable bonds is 13. The van der Waals surface area contributed by atoms with Crippen LogP contribution in [0.1, 0.15) is 39.5 Å². The van der Waals surface area contributed by atoms with Crippen molar-refractivity contribution in [2.75, 3.05) is 44.9 Å². The molecule has 3 aliphatic heterocycles. The molecule has 348 valence electrons. The average molecular weight is 975 g/mol. The smallest absolute Gasteiger partial charge is 0.328 e. The van der Waals surface area contributed by atoms with E-state index in [1.807, 2.05) is 71.6 Å². The molecule has 17 heteroatoms. The van der Waals surface area contributed by atoms with Crippen molar-refractivity contribution in [1.29, 1.82) is 5.26 Å². The summed E-state index contributed by atoms with van der Waals surface area (Å²) in [7, 11) is -3.14. The summed E-state index contributed by atoms with van der Waals surface area (Å²) in [5.41, 5.74) is 6.11. The second-order valence-electron chi connectivity index (χ2n) is 16.5. The number of amides is 1. The average Bonchev–Trinajstić information content (AvgIpc) is 3.38. The van der Waals surface area contributed by atoms with Crippen molar-refractivity contribution in [3.63, 3.8) is 0 Å². The van der Waals surface area contributed by atoms with E-state index in [2.05, 4.69) is 16.4 Å². The fraction of sp³-hybridized carbons (Fsp3) is 0.255. The SMILES string of the molecule is COC(=O)C(Cc1ccc(-c2ccc(C#N)cc2)cc1)NC(=O)[C@@H]1Cc2cc3c(cc2CN1S(=O)(=O)c1ccc(N2CCOCC2)nc1)O[C@@H](c1ccc(OCc2ccc(Cl)c(Cl)c2)cc1)CO3. The second kappa shape index (κ2) is 20.3. The minimum atomic E-state index is -4.37. The Bertz CT molecular complexity index is 2970. The summed E-state index contributed by atoms with van der Waals surface area (Å²) in [6.07, 6.45) is 0.867. The lowest BCUT2D eigenvalue weighted by molar-refractivity contribution is -0.145. The van der Waals surface area contributed by atoms with Gasteiger partial charge in [-0.1, -0.05) is 77.8 Å². The van der Waals surface area contributed by atoms with Gasteiger partial charge in [-0.3, -0.25) is 4.79 Å². The minimum Gasteiger partial charge on any atom is -0.489 e. The zero-order valence-corrected chi connectivity index (χ0v) is 39.1. The van der Waals surface area contributed by atoms with Crippen LogP contribution in [0.3, 0.4) is 0 Å². The van der Waals surface area contributed by atoms with E-state index in [9.17, 15) is 23.3 Å². The molecule has 5 aromatic carbocycles. The molecule has 14 nitrogen and oxygen atoms in total. The van der Waals surface area contributed by atoms with Gasteiger partial charge < -0.3 is 33.9 Å². The third-order valence-electron chi connectivity index (χ3n) is 12.2. The van der Waals surface area contributed by atoms with Gasteiger partial charge in [0.15, 0.2) is 17.6 Å². The molecule has 1 N–H and O–H groups in total. The number of benzene rings is 5. The van der Waals surface area contributed by atoms with Crippen LogP contribution in [0.25, 0.3) is 11.1 Å². The second-order valence-corrected chi connectivity index (χ2v) is 19.2. The van der Waals surface area contributed by atoms with Crippen molar-refractivity contribution < 1.29 is 41.7 Å². The van der Waals surface area contributed by atoms with Crippen molar-refractivity contribution in [3.8, 4) is 34.4 Å². The van der Waals surface area contributed by atoms with Crippen LogP contribution in [0.4, 0.5) is 5.82 Å². The first-order valence-corrected chi connectivity index (χ1v) is 24.1. The quantitative estimate of drug-likeness (QED) is 0.111. The van der Waals surface area contributed by atoms with Crippen molar-refractivity contribution in [2.45, 2.75) is 49.1 Å². The van der Waals surface area contributed by atoms with Crippen molar-refractivity contribution >= 4 is 50.9 Å². The van der Waals surface area contributed by atoms with Crippen LogP contribution >= 0.6 is 23.2 Å². The van der Waals surface area contributed by atoms with Crippen molar-refractivity contribution in [2.24, 2.45) is 0 Å². The van der Waals surface area contributed by atoms with Gasteiger partial charge in [-0.15, -0.1) is 0 Å². The highest BCUT2D eigenvalue weighted by Crippen LogP contribution is 2.42. The van der Waals surface area contributed by atoms with Gasteiger partial charge in [0.05, 0.1) is 42.0 Å². The molecular weight excluding hydrogens is 930 g/mol. The molecule has 6 aromatic rings. The molecule has 1 aromatic heterocycles. The number of aromatic nitrogens is 1. The Hall–Kier alpha value is -6.67. The summed E-state index contributed by atoms with van der Waals surface area (Å²) >= 11 is 12.2. The first-order valence-electron chi connectivity index (χ1n) is 21.9. The summed E-state index contributed by atoms with van der Waals surface area (Å²) in [5.74, 6) is 0.762. The van der Waals surface area contributed by atoms with Crippen LogP contribution in [0.2, 0.25) is 10.0 Å². The number of morpholine rings is 1. The topological polar surface area (TPSA) is 170 Å². The largest absolute Gasteiger partial charge is 0.489 e. The molecule has 68 heavy (non-hydrogen) atoms. The van der Waals surface area contributed by atoms with E-state index in [1.165, 1.54) is 19.4 Å². The number of sulfonamides is 1. The fourth-order valence-corrected chi connectivity index (χ4v) is 10.2. The van der Waals surface area contributed by atoms with Gasteiger partial charge in [-0.05, 0) is 106 Å². The number of anilines is 1. The molecule has 1 amide bonds. The zero-order chi connectivity index (χ0) is 47.4. The van der Waals surface area contributed by atoms with E-state index in [-0.39, 0.29) is 30.9 Å². The van der Waals surface area contributed by atoms with Gasteiger partial charge in [0.2, 0.25) is 15.9 Å². The number of hydrogen-bond donors (Lipinski definition) is 1. The molecule has 4 heterocycles. The third-order valence-corrected chi connectivity index (χ3v) is 14.7. The lowest BCUT2D eigenvalue weighted by atomic mass is 9.93. The molecule has 0 aliphatic carbocycles. The third kappa shape index (κ3) is 10.3. The Balaban J connectivity index is 0.954. The number of pyridine rings is 1. The summed E-state index contributed by atoms with van der Waals surface area (Å²) in [6, 6.07) is 33.9. The predicted molar refractivity (Wildman–Crippen MR) is 254 cm³/mol. The lowest BCUT2D eigenvalue weighted by Gasteiger charge is -2.37. The number of nitriles is 1. The van der Waals surface area contributed by atoms with Crippen LogP contribution in [0.15, 0.2) is 126 Å². The Morgan fingerprint density at radius 2 is 1.57 bits per heavy atom. The predicted octanol–water partition coefficient (Wildman–Crippen LogP) is 7.87. The van der Waals surface area contributed by atoms with Crippen LogP contribution in [0, 0.1) is 11.3 Å². The number of methoxy groups -OCH3 is 1. The van der Waals surface area contributed by atoms with E-state index >= 15 is 0 Å². The van der Waals surface area contributed by atoms with Gasteiger partial charge in [0, 0.05) is 32.3 Å². The first-order chi connectivity index (χ1) is 32.9. The molecule has 3 atom stereocenters. The molecule has 1 unspecified atom stereocenters. The number of nitrogens with one attached hydrogen (secondary N) is 1. The van der Waals surface area contributed by atoms with E-state index in [1.54, 1.807) is 42.5 Å². The summed E-state index contributed by atoms with van der Waals surface area (Å²) < 4.78 is 60.0. The van der Waals surface area contributed by atoms with E-state index < -0.39 is 40.1 Å². The highest BCUT2D eigenvalue weighted by atomic mass is 35.5. The summed E-state index contributed by atoms with van der Waals surface area (Å²) in [5, 5.41) is 12.9. The minimum absolute atomic E-state index is 0.0311. The van der Waals surface area contributed by atoms with E-state index in [0.29, 0.717) is 82.7 Å². The number of fused-ring (bicyclic) bond motifs is 2. The Morgan fingerprint density at radius 1 is 0.868 bits per heavy atom. The summed E-state index contributed by atoms with van der Waals surface area (Å²) in [4.78, 5) is 34.3. The Labute approximate surface area is 403 Å². The van der Waals surface area contributed by atoms with E-state index in [4.69, 9.17) is 46.9 Å². The first kappa shape index (κ1) is 46.4. The maximum absolute atomic E-state index is 14.7.